The van der Waals surface area contributed by atoms with Crippen LogP contribution < -0.4 is 5.32 Å². The minimum Gasteiger partial charge on any atom is -0.355 e. The lowest BCUT2D eigenvalue weighted by Crippen LogP contribution is -2.51. The summed E-state index contributed by atoms with van der Waals surface area (Å²) in [7, 11) is -1.48. The Balaban J connectivity index is 1.76. The molecule has 0 bridgehead atoms. The van der Waals surface area contributed by atoms with Crippen LogP contribution >= 0.6 is 0 Å². The normalized spacial score (nSPS) is 22.8. The van der Waals surface area contributed by atoms with Gasteiger partial charge in [-0.15, -0.1) is 0 Å². The van der Waals surface area contributed by atoms with E-state index < -0.39 is 10.0 Å². The molecule has 6 nitrogen and oxygen atoms in total. The fourth-order valence-corrected chi connectivity index (χ4v) is 6.18. The third-order valence-electron chi connectivity index (χ3n) is 6.64. The van der Waals surface area contributed by atoms with Crippen molar-refractivity contribution in [1.29, 1.82) is 0 Å². The van der Waals surface area contributed by atoms with Crippen LogP contribution in [0.15, 0.2) is 29.2 Å². The van der Waals surface area contributed by atoms with E-state index in [0.29, 0.717) is 31.0 Å². The van der Waals surface area contributed by atoms with E-state index >= 15 is 0 Å². The summed E-state index contributed by atoms with van der Waals surface area (Å²) in [6.07, 6.45) is 7.79. The standard InChI is InChI=1S/C22H35N3O3S/c1-3-19-8-10-20(11-9-19)29(27,28)25-16-7-15-24(2)22(12-5-4-6-13-22)18-21(26)23-14-17-25/h8-11H,3-7,12-18H2,1-2H3,(H,23,26). The lowest BCUT2D eigenvalue weighted by Gasteiger charge is -2.44. The Hall–Kier alpha value is -1.44. The molecule has 0 unspecified atom stereocenters. The molecule has 1 aliphatic carbocycles. The van der Waals surface area contributed by atoms with Crippen LogP contribution in [0.5, 0.6) is 0 Å². The molecule has 162 valence electrons. The SMILES string of the molecule is CCc1ccc(S(=O)(=O)N2CCCN(C)C3(CCCCC3)CC(=O)NCC2)cc1. The van der Waals surface area contributed by atoms with E-state index in [-0.39, 0.29) is 11.4 Å². The predicted octanol–water partition coefficient (Wildman–Crippen LogP) is 2.78. The van der Waals surface area contributed by atoms with E-state index in [2.05, 4.69) is 24.2 Å². The zero-order chi connectivity index (χ0) is 20.9. The van der Waals surface area contributed by atoms with Crippen molar-refractivity contribution in [3.05, 3.63) is 29.8 Å². The number of amides is 1. The highest BCUT2D eigenvalue weighted by Gasteiger charge is 2.38. The van der Waals surface area contributed by atoms with Crippen molar-refractivity contribution in [3.63, 3.8) is 0 Å². The van der Waals surface area contributed by atoms with Gasteiger partial charge in [0, 0.05) is 31.6 Å². The van der Waals surface area contributed by atoms with Gasteiger partial charge in [0.1, 0.15) is 0 Å². The van der Waals surface area contributed by atoms with Gasteiger partial charge in [0.05, 0.1) is 4.90 Å². The first-order chi connectivity index (χ1) is 13.9. The van der Waals surface area contributed by atoms with E-state index in [9.17, 15) is 13.2 Å². The number of hydrogen-bond acceptors (Lipinski definition) is 4. The van der Waals surface area contributed by atoms with Gasteiger partial charge in [0.15, 0.2) is 0 Å². The van der Waals surface area contributed by atoms with Crippen molar-refractivity contribution < 1.29 is 13.2 Å². The van der Waals surface area contributed by atoms with Gasteiger partial charge < -0.3 is 10.2 Å². The second-order valence-corrected chi connectivity index (χ2v) is 10.4. The first-order valence-corrected chi connectivity index (χ1v) is 12.4. The Morgan fingerprint density at radius 2 is 1.69 bits per heavy atom. The molecular formula is C22H35N3O3S. The average molecular weight is 422 g/mol. The highest BCUT2D eigenvalue weighted by Crippen LogP contribution is 2.36. The molecule has 1 saturated heterocycles. The van der Waals surface area contributed by atoms with Gasteiger partial charge in [-0.05, 0) is 57.0 Å². The van der Waals surface area contributed by atoms with Gasteiger partial charge in [-0.3, -0.25) is 4.79 Å². The van der Waals surface area contributed by atoms with E-state index in [0.717, 1.165) is 50.6 Å². The van der Waals surface area contributed by atoms with Crippen LogP contribution in [0.3, 0.4) is 0 Å². The molecule has 1 aromatic rings. The van der Waals surface area contributed by atoms with Crippen LogP contribution in [-0.4, -0.2) is 62.3 Å². The van der Waals surface area contributed by atoms with Crippen LogP contribution in [0.1, 0.15) is 57.4 Å². The molecular weight excluding hydrogens is 386 g/mol. The molecule has 2 fully saturated rings. The van der Waals surface area contributed by atoms with Crippen LogP contribution in [0.4, 0.5) is 0 Å². The van der Waals surface area contributed by atoms with Crippen molar-refractivity contribution in [2.75, 3.05) is 33.2 Å². The smallest absolute Gasteiger partial charge is 0.243 e. The lowest BCUT2D eigenvalue weighted by molar-refractivity contribution is -0.124. The van der Waals surface area contributed by atoms with Crippen molar-refractivity contribution in [2.45, 2.75) is 68.7 Å². The molecule has 1 aliphatic heterocycles. The summed E-state index contributed by atoms with van der Waals surface area (Å²) < 4.78 is 27.9. The Morgan fingerprint density at radius 3 is 2.34 bits per heavy atom. The van der Waals surface area contributed by atoms with Gasteiger partial charge in [-0.25, -0.2) is 8.42 Å². The molecule has 2 aliphatic rings. The molecule has 1 spiro atoms. The van der Waals surface area contributed by atoms with E-state index in [1.54, 1.807) is 12.1 Å². The van der Waals surface area contributed by atoms with Gasteiger partial charge in [0.2, 0.25) is 15.9 Å². The molecule has 7 heteroatoms. The summed E-state index contributed by atoms with van der Waals surface area (Å²) >= 11 is 0. The first kappa shape index (κ1) is 22.2. The molecule has 0 aromatic heterocycles. The third kappa shape index (κ3) is 5.19. The molecule has 1 amide bonds. The number of aryl methyl sites for hydroxylation is 1. The zero-order valence-electron chi connectivity index (χ0n) is 17.8. The average Bonchev–Trinajstić information content (AvgIpc) is 2.74. The topological polar surface area (TPSA) is 69.7 Å². The molecule has 3 rings (SSSR count). The van der Waals surface area contributed by atoms with Crippen molar-refractivity contribution >= 4 is 15.9 Å². The molecule has 29 heavy (non-hydrogen) atoms. The summed E-state index contributed by atoms with van der Waals surface area (Å²) in [4.78, 5) is 15.3. The molecule has 1 saturated carbocycles. The van der Waals surface area contributed by atoms with E-state index in [1.165, 1.54) is 10.7 Å². The molecule has 0 atom stereocenters. The minimum atomic E-state index is -3.57. The second-order valence-electron chi connectivity index (χ2n) is 8.49. The number of rotatable bonds is 3. The summed E-state index contributed by atoms with van der Waals surface area (Å²) in [6.45, 7) is 3.98. The lowest BCUT2D eigenvalue weighted by atomic mass is 9.77. The summed E-state index contributed by atoms with van der Waals surface area (Å²) in [5.41, 5.74) is 1.04. The molecule has 0 radical (unpaired) electrons. The maximum Gasteiger partial charge on any atom is 0.243 e. The second kappa shape index (κ2) is 9.58. The first-order valence-electron chi connectivity index (χ1n) is 10.9. The molecule has 1 N–H and O–H groups in total. The summed E-state index contributed by atoms with van der Waals surface area (Å²) in [6, 6.07) is 7.14. The van der Waals surface area contributed by atoms with Crippen molar-refractivity contribution in [1.82, 2.24) is 14.5 Å². The van der Waals surface area contributed by atoms with Gasteiger partial charge in [0.25, 0.3) is 0 Å². The van der Waals surface area contributed by atoms with Crippen LogP contribution in [0, 0.1) is 0 Å². The quantitative estimate of drug-likeness (QED) is 0.815. The Kier molecular flexibility index (Phi) is 7.35. The Labute approximate surface area is 175 Å². The Morgan fingerprint density at radius 1 is 1.00 bits per heavy atom. The Bertz CT molecular complexity index is 786. The number of carbonyl (C=O) groups is 1. The monoisotopic (exact) mass is 421 g/mol. The largest absolute Gasteiger partial charge is 0.355 e. The predicted molar refractivity (Wildman–Crippen MR) is 115 cm³/mol. The zero-order valence-corrected chi connectivity index (χ0v) is 18.6. The van der Waals surface area contributed by atoms with E-state index in [1.807, 2.05) is 12.1 Å². The van der Waals surface area contributed by atoms with Crippen LogP contribution in [0.2, 0.25) is 0 Å². The third-order valence-corrected chi connectivity index (χ3v) is 8.55. The van der Waals surface area contributed by atoms with Crippen LogP contribution in [-0.2, 0) is 21.2 Å². The number of nitrogens with one attached hydrogen (secondary N) is 1. The highest BCUT2D eigenvalue weighted by atomic mass is 32.2. The minimum absolute atomic E-state index is 0.0327. The van der Waals surface area contributed by atoms with Gasteiger partial charge in [-0.2, -0.15) is 4.31 Å². The van der Waals surface area contributed by atoms with Gasteiger partial charge in [-0.1, -0.05) is 38.3 Å². The molecule has 1 aromatic carbocycles. The fraction of sp³-hybridized carbons (Fsp3) is 0.682. The van der Waals surface area contributed by atoms with Gasteiger partial charge >= 0.3 is 0 Å². The van der Waals surface area contributed by atoms with Crippen molar-refractivity contribution in [2.24, 2.45) is 0 Å². The fourth-order valence-electron chi connectivity index (χ4n) is 4.70. The highest BCUT2D eigenvalue weighted by molar-refractivity contribution is 7.89. The molecule has 1 heterocycles. The maximum atomic E-state index is 13.2. The number of nitrogens with zero attached hydrogens (tertiary/aromatic N) is 2. The summed E-state index contributed by atoms with van der Waals surface area (Å²) in [5, 5.41) is 2.97. The van der Waals surface area contributed by atoms with Crippen LogP contribution in [0.25, 0.3) is 0 Å². The summed E-state index contributed by atoms with van der Waals surface area (Å²) in [5.74, 6) is 0.0327. The number of benzene rings is 1. The number of sulfonamides is 1. The number of hydrogen-bond donors (Lipinski definition) is 1. The van der Waals surface area contributed by atoms with Crippen molar-refractivity contribution in [3.8, 4) is 0 Å². The van der Waals surface area contributed by atoms with E-state index in [4.69, 9.17) is 0 Å². The number of carbonyl (C=O) groups excluding carboxylic acids is 1. The maximum absolute atomic E-state index is 13.2.